The fourth-order valence-electron chi connectivity index (χ4n) is 2.60. The van der Waals surface area contributed by atoms with Crippen LogP contribution in [-0.2, 0) is 13.1 Å². The van der Waals surface area contributed by atoms with E-state index in [2.05, 4.69) is 50.9 Å². The van der Waals surface area contributed by atoms with E-state index >= 15 is 0 Å². The Morgan fingerprint density at radius 1 is 1.26 bits per heavy atom. The lowest BCUT2D eigenvalue weighted by Gasteiger charge is -2.21. The first-order chi connectivity index (χ1) is 8.85. The van der Waals surface area contributed by atoms with Gasteiger partial charge in [0.1, 0.15) is 5.76 Å². The van der Waals surface area contributed by atoms with Crippen LogP contribution in [0.15, 0.2) is 16.7 Å². The number of nitrogens with one attached hydrogen (secondary N) is 1. The predicted molar refractivity (Wildman–Crippen MR) is 78.9 cm³/mol. The van der Waals surface area contributed by atoms with Crippen molar-refractivity contribution in [3.8, 4) is 0 Å². The summed E-state index contributed by atoms with van der Waals surface area (Å²) in [5.41, 5.74) is 1.44. The van der Waals surface area contributed by atoms with Crippen LogP contribution in [0.5, 0.6) is 0 Å². The molecule has 1 aliphatic rings. The quantitative estimate of drug-likeness (QED) is 0.905. The van der Waals surface area contributed by atoms with E-state index in [0.29, 0.717) is 0 Å². The smallest absolute Gasteiger partial charge is 0.122 e. The molecule has 3 heteroatoms. The van der Waals surface area contributed by atoms with Gasteiger partial charge < -0.3 is 9.73 Å². The van der Waals surface area contributed by atoms with Gasteiger partial charge in [-0.05, 0) is 38.7 Å². The average Bonchev–Trinajstić information content (AvgIpc) is 2.84. The third kappa shape index (κ3) is 4.08. The molecule has 1 aromatic rings. The topological polar surface area (TPSA) is 28.4 Å². The van der Waals surface area contributed by atoms with E-state index < -0.39 is 0 Å². The first kappa shape index (κ1) is 14.6. The van der Waals surface area contributed by atoms with Crippen LogP contribution in [-0.4, -0.2) is 23.5 Å². The molecule has 0 saturated carbocycles. The van der Waals surface area contributed by atoms with Crippen LogP contribution in [0.3, 0.4) is 0 Å². The van der Waals surface area contributed by atoms with Crippen molar-refractivity contribution >= 4 is 0 Å². The number of nitrogens with zero attached hydrogens (tertiary/aromatic N) is 1. The summed E-state index contributed by atoms with van der Waals surface area (Å²) in [5, 5.41) is 3.53. The lowest BCUT2D eigenvalue weighted by molar-refractivity contribution is 0.283. The van der Waals surface area contributed by atoms with Crippen molar-refractivity contribution in [1.29, 1.82) is 0 Å². The summed E-state index contributed by atoms with van der Waals surface area (Å²) < 4.78 is 5.68. The number of furan rings is 1. The van der Waals surface area contributed by atoms with Crippen molar-refractivity contribution in [3.63, 3.8) is 0 Å². The maximum Gasteiger partial charge on any atom is 0.122 e. The molecule has 108 valence electrons. The van der Waals surface area contributed by atoms with E-state index in [0.717, 1.165) is 30.7 Å². The largest absolute Gasteiger partial charge is 0.468 e. The van der Waals surface area contributed by atoms with Crippen molar-refractivity contribution in [1.82, 2.24) is 10.2 Å². The van der Waals surface area contributed by atoms with Crippen LogP contribution in [0, 0.1) is 11.8 Å². The maximum absolute atomic E-state index is 5.68. The molecule has 1 aromatic heterocycles. The lowest BCUT2D eigenvalue weighted by Crippen LogP contribution is -2.35. The second-order valence-corrected chi connectivity index (χ2v) is 7.12. The summed E-state index contributed by atoms with van der Waals surface area (Å²) in [5.74, 6) is 2.72. The van der Waals surface area contributed by atoms with E-state index in [1.54, 1.807) is 0 Å². The van der Waals surface area contributed by atoms with Crippen LogP contribution >= 0.6 is 0 Å². The Morgan fingerprint density at radius 3 is 2.47 bits per heavy atom. The Morgan fingerprint density at radius 2 is 1.89 bits per heavy atom. The number of likely N-dealkylation sites (tertiary alicyclic amines) is 1. The molecule has 1 N–H and O–H groups in total. The zero-order chi connectivity index (χ0) is 14.0. The molecule has 0 radical (unpaired) electrons. The minimum absolute atomic E-state index is 0.144. The Hall–Kier alpha value is -0.800. The fraction of sp³-hybridized carbons (Fsp3) is 0.750. The molecule has 2 atom stereocenters. The molecule has 0 aliphatic carbocycles. The molecule has 2 rings (SSSR count). The van der Waals surface area contributed by atoms with Gasteiger partial charge in [0.2, 0.25) is 0 Å². The van der Waals surface area contributed by atoms with Crippen LogP contribution in [0.1, 0.15) is 45.9 Å². The van der Waals surface area contributed by atoms with Crippen molar-refractivity contribution in [2.45, 2.75) is 53.2 Å². The highest BCUT2D eigenvalue weighted by atomic mass is 16.3. The van der Waals surface area contributed by atoms with Gasteiger partial charge in [0, 0.05) is 30.7 Å². The highest BCUT2D eigenvalue weighted by molar-refractivity contribution is 5.17. The minimum atomic E-state index is 0.144. The summed E-state index contributed by atoms with van der Waals surface area (Å²) in [7, 11) is 0. The molecule has 0 amide bonds. The Kier molecular flexibility index (Phi) is 4.36. The third-order valence-electron chi connectivity index (χ3n) is 4.08. The van der Waals surface area contributed by atoms with Gasteiger partial charge in [0.05, 0.1) is 12.8 Å². The second-order valence-electron chi connectivity index (χ2n) is 7.12. The highest BCUT2D eigenvalue weighted by Crippen LogP contribution is 2.25. The molecule has 2 heterocycles. The summed E-state index contributed by atoms with van der Waals surface area (Å²) in [6, 6.07) is 2.09. The van der Waals surface area contributed by atoms with E-state index in [4.69, 9.17) is 4.42 Å². The molecule has 0 spiro atoms. The van der Waals surface area contributed by atoms with Crippen molar-refractivity contribution in [3.05, 3.63) is 23.7 Å². The Balaban J connectivity index is 1.93. The number of hydrogen-bond acceptors (Lipinski definition) is 3. The van der Waals surface area contributed by atoms with E-state index in [1.807, 2.05) is 6.26 Å². The summed E-state index contributed by atoms with van der Waals surface area (Å²) in [6.45, 7) is 15.5. The molecule has 1 saturated heterocycles. The van der Waals surface area contributed by atoms with Crippen LogP contribution in [0.4, 0.5) is 0 Å². The van der Waals surface area contributed by atoms with Crippen LogP contribution in [0.2, 0.25) is 0 Å². The molecular formula is C16H28N2O. The lowest BCUT2D eigenvalue weighted by atomic mass is 10.0. The Labute approximate surface area is 117 Å². The maximum atomic E-state index is 5.68. The summed E-state index contributed by atoms with van der Waals surface area (Å²) >= 11 is 0. The molecule has 1 aliphatic heterocycles. The minimum Gasteiger partial charge on any atom is -0.468 e. The van der Waals surface area contributed by atoms with Gasteiger partial charge in [-0.1, -0.05) is 13.8 Å². The van der Waals surface area contributed by atoms with Crippen LogP contribution in [0.25, 0.3) is 0 Å². The molecule has 2 unspecified atom stereocenters. The second kappa shape index (κ2) is 5.68. The molecule has 0 bridgehead atoms. The van der Waals surface area contributed by atoms with E-state index in [1.165, 1.54) is 18.7 Å². The SMILES string of the molecule is CC1CN(Cc2occc2CNC(C)(C)C)CC1C. The average molecular weight is 264 g/mol. The van der Waals surface area contributed by atoms with Crippen molar-refractivity contribution in [2.75, 3.05) is 13.1 Å². The zero-order valence-corrected chi connectivity index (χ0v) is 13.0. The number of hydrogen-bond donors (Lipinski definition) is 1. The van der Waals surface area contributed by atoms with Crippen molar-refractivity contribution in [2.24, 2.45) is 11.8 Å². The standard InChI is InChI=1S/C16H28N2O/c1-12-9-18(10-13(12)2)11-15-14(6-7-19-15)8-17-16(3,4)5/h6-7,12-13,17H,8-11H2,1-5H3. The summed E-state index contributed by atoms with van der Waals surface area (Å²) in [6.07, 6.45) is 1.82. The molecule has 0 aromatic carbocycles. The van der Waals surface area contributed by atoms with Crippen molar-refractivity contribution < 1.29 is 4.42 Å². The molecule has 3 nitrogen and oxygen atoms in total. The highest BCUT2D eigenvalue weighted by Gasteiger charge is 2.27. The van der Waals surface area contributed by atoms with E-state index in [9.17, 15) is 0 Å². The van der Waals surface area contributed by atoms with Gasteiger partial charge >= 0.3 is 0 Å². The van der Waals surface area contributed by atoms with Gasteiger partial charge in [-0.2, -0.15) is 0 Å². The fourth-order valence-corrected chi connectivity index (χ4v) is 2.60. The Bertz CT molecular complexity index is 395. The first-order valence-corrected chi connectivity index (χ1v) is 7.38. The van der Waals surface area contributed by atoms with Gasteiger partial charge in [0.15, 0.2) is 0 Å². The van der Waals surface area contributed by atoms with Gasteiger partial charge in [-0.3, -0.25) is 4.90 Å². The monoisotopic (exact) mass is 264 g/mol. The van der Waals surface area contributed by atoms with E-state index in [-0.39, 0.29) is 5.54 Å². The zero-order valence-electron chi connectivity index (χ0n) is 13.0. The third-order valence-corrected chi connectivity index (χ3v) is 4.08. The molecular weight excluding hydrogens is 236 g/mol. The first-order valence-electron chi connectivity index (χ1n) is 7.38. The van der Waals surface area contributed by atoms with Gasteiger partial charge in [-0.15, -0.1) is 0 Å². The predicted octanol–water partition coefficient (Wildman–Crippen LogP) is 3.26. The molecule has 19 heavy (non-hydrogen) atoms. The van der Waals surface area contributed by atoms with Gasteiger partial charge in [-0.25, -0.2) is 0 Å². The normalized spacial score (nSPS) is 25.1. The van der Waals surface area contributed by atoms with Gasteiger partial charge in [0.25, 0.3) is 0 Å². The summed E-state index contributed by atoms with van der Waals surface area (Å²) in [4.78, 5) is 2.51. The van der Waals surface area contributed by atoms with Crippen LogP contribution < -0.4 is 5.32 Å². The number of rotatable bonds is 4. The molecule has 1 fully saturated rings.